The van der Waals surface area contributed by atoms with Crippen LogP contribution in [0.5, 0.6) is 0 Å². The molecule has 0 saturated carbocycles. The first kappa shape index (κ1) is 23.1. The lowest BCUT2D eigenvalue weighted by Crippen LogP contribution is -2.48. The summed E-state index contributed by atoms with van der Waals surface area (Å²) in [6.45, 7) is 5.44. The van der Waals surface area contributed by atoms with Crippen LogP contribution < -0.4 is 4.90 Å². The predicted molar refractivity (Wildman–Crippen MR) is 131 cm³/mol. The highest BCUT2D eigenvalue weighted by Crippen LogP contribution is 2.41. The molecule has 0 atom stereocenters. The fraction of sp³-hybridized carbons (Fsp3) is 0.192. The summed E-state index contributed by atoms with van der Waals surface area (Å²) in [5.74, 6) is -0.346. The number of benzene rings is 3. The van der Waals surface area contributed by atoms with Crippen molar-refractivity contribution in [2.24, 2.45) is 0 Å². The van der Waals surface area contributed by atoms with Gasteiger partial charge in [-0.05, 0) is 40.6 Å². The van der Waals surface area contributed by atoms with Crippen molar-refractivity contribution in [2.45, 2.75) is 6.43 Å². The topological polar surface area (TPSA) is 49.3 Å². The molecule has 35 heavy (non-hydrogen) atoms. The van der Waals surface area contributed by atoms with Crippen LogP contribution in [0.1, 0.15) is 12.0 Å². The molecular formula is C26H20ClF3N4O. The number of carbonyl (C=O) groups excluding carboxylic acids is 1. The van der Waals surface area contributed by atoms with Gasteiger partial charge in [0.05, 0.1) is 5.02 Å². The van der Waals surface area contributed by atoms with Crippen molar-refractivity contribution in [3.05, 3.63) is 77.9 Å². The SMILES string of the molecule is C=CC(=O)N1CCN(c2ncnc3c(F)c(-c4cc(C(F)F)cc5ccccc45)c(Cl)cc23)CC1. The van der Waals surface area contributed by atoms with Gasteiger partial charge in [0.2, 0.25) is 5.91 Å². The molecule has 1 saturated heterocycles. The average molecular weight is 497 g/mol. The van der Waals surface area contributed by atoms with E-state index >= 15 is 4.39 Å². The standard InChI is InChI=1S/C26H20ClF3N4O/c1-2-21(35)33-7-9-34(10-8-33)26-19-13-20(27)22(23(28)24(19)31-14-32-26)18-12-16(25(29)30)11-15-5-3-4-6-17(15)18/h2-6,11-14,25H,1,7-10H2. The van der Waals surface area contributed by atoms with Crippen molar-refractivity contribution < 1.29 is 18.0 Å². The monoisotopic (exact) mass is 496 g/mol. The second-order valence-corrected chi connectivity index (χ2v) is 8.65. The van der Waals surface area contributed by atoms with Crippen LogP contribution in [0.3, 0.4) is 0 Å². The Morgan fingerprint density at radius 1 is 1.06 bits per heavy atom. The summed E-state index contributed by atoms with van der Waals surface area (Å²) in [7, 11) is 0. The van der Waals surface area contributed by atoms with Gasteiger partial charge in [-0.3, -0.25) is 4.79 Å². The summed E-state index contributed by atoms with van der Waals surface area (Å²) in [5.41, 5.74) is 0.124. The van der Waals surface area contributed by atoms with Gasteiger partial charge in [0.1, 0.15) is 17.7 Å². The lowest BCUT2D eigenvalue weighted by molar-refractivity contribution is -0.126. The summed E-state index contributed by atoms with van der Waals surface area (Å²) in [5, 5.41) is 1.65. The zero-order chi connectivity index (χ0) is 24.7. The molecule has 0 radical (unpaired) electrons. The minimum Gasteiger partial charge on any atom is -0.352 e. The second-order valence-electron chi connectivity index (χ2n) is 8.25. The van der Waals surface area contributed by atoms with Gasteiger partial charge in [-0.2, -0.15) is 0 Å². The minimum atomic E-state index is -2.72. The van der Waals surface area contributed by atoms with Crippen LogP contribution in [0.4, 0.5) is 19.0 Å². The number of hydrogen-bond donors (Lipinski definition) is 0. The molecule has 5 rings (SSSR count). The van der Waals surface area contributed by atoms with Crippen molar-refractivity contribution >= 4 is 45.0 Å². The van der Waals surface area contributed by atoms with Crippen molar-refractivity contribution in [3.8, 4) is 11.1 Å². The predicted octanol–water partition coefficient (Wildman–Crippen LogP) is 6.01. The fourth-order valence-electron chi connectivity index (χ4n) is 4.55. The molecule has 178 valence electrons. The van der Waals surface area contributed by atoms with E-state index in [1.165, 1.54) is 24.5 Å². The van der Waals surface area contributed by atoms with Crippen LogP contribution in [0, 0.1) is 5.82 Å². The van der Waals surface area contributed by atoms with Crippen molar-refractivity contribution in [1.82, 2.24) is 14.9 Å². The number of nitrogens with zero attached hydrogens (tertiary/aromatic N) is 4. The summed E-state index contributed by atoms with van der Waals surface area (Å²) in [4.78, 5) is 24.0. The molecule has 1 aromatic heterocycles. The third kappa shape index (κ3) is 4.08. The Balaban J connectivity index is 1.64. The number of rotatable bonds is 4. The Kier molecular flexibility index (Phi) is 6.06. The second kappa shape index (κ2) is 9.19. The van der Waals surface area contributed by atoms with Gasteiger partial charge in [-0.1, -0.05) is 42.4 Å². The molecule has 1 aliphatic heterocycles. The summed E-state index contributed by atoms with van der Waals surface area (Å²) in [6, 6.07) is 11.2. The Labute approximate surface area is 204 Å². The third-order valence-electron chi connectivity index (χ3n) is 6.27. The number of aromatic nitrogens is 2. The molecule has 0 aliphatic carbocycles. The maximum absolute atomic E-state index is 16.0. The van der Waals surface area contributed by atoms with Crippen LogP contribution >= 0.6 is 11.6 Å². The number of piperazine rings is 1. The molecular weight excluding hydrogens is 477 g/mol. The zero-order valence-corrected chi connectivity index (χ0v) is 19.3. The lowest BCUT2D eigenvalue weighted by atomic mass is 9.94. The molecule has 2 heterocycles. The van der Waals surface area contributed by atoms with Crippen molar-refractivity contribution in [2.75, 3.05) is 31.1 Å². The maximum Gasteiger partial charge on any atom is 0.263 e. The molecule has 5 nitrogen and oxygen atoms in total. The molecule has 0 spiro atoms. The number of carbonyl (C=O) groups is 1. The maximum atomic E-state index is 16.0. The summed E-state index contributed by atoms with van der Waals surface area (Å²) in [6.07, 6.45) is -0.173. The van der Waals surface area contributed by atoms with E-state index < -0.39 is 12.2 Å². The molecule has 0 unspecified atom stereocenters. The van der Waals surface area contributed by atoms with Gasteiger partial charge < -0.3 is 9.80 Å². The zero-order valence-electron chi connectivity index (χ0n) is 18.5. The molecule has 0 bridgehead atoms. The first-order valence-electron chi connectivity index (χ1n) is 11.0. The van der Waals surface area contributed by atoms with E-state index in [1.54, 1.807) is 35.2 Å². The van der Waals surface area contributed by atoms with E-state index in [4.69, 9.17) is 11.6 Å². The van der Waals surface area contributed by atoms with E-state index in [2.05, 4.69) is 16.5 Å². The average Bonchev–Trinajstić information content (AvgIpc) is 2.88. The molecule has 4 aromatic rings. The number of alkyl halides is 2. The Morgan fingerprint density at radius 3 is 2.51 bits per heavy atom. The van der Waals surface area contributed by atoms with Crippen LogP contribution in [-0.4, -0.2) is 47.0 Å². The van der Waals surface area contributed by atoms with Gasteiger partial charge in [-0.15, -0.1) is 0 Å². The van der Waals surface area contributed by atoms with E-state index in [9.17, 15) is 13.6 Å². The molecule has 1 aliphatic rings. The number of hydrogen-bond acceptors (Lipinski definition) is 4. The van der Waals surface area contributed by atoms with E-state index in [-0.39, 0.29) is 33.1 Å². The number of fused-ring (bicyclic) bond motifs is 2. The van der Waals surface area contributed by atoms with Gasteiger partial charge in [0.25, 0.3) is 6.43 Å². The molecule has 3 aromatic carbocycles. The van der Waals surface area contributed by atoms with Crippen LogP contribution in [0.2, 0.25) is 5.02 Å². The van der Waals surface area contributed by atoms with Crippen LogP contribution in [-0.2, 0) is 4.79 Å². The van der Waals surface area contributed by atoms with Gasteiger partial charge in [0.15, 0.2) is 5.82 Å². The highest BCUT2D eigenvalue weighted by Gasteiger charge is 2.25. The molecule has 9 heteroatoms. The quantitative estimate of drug-likeness (QED) is 0.324. The Morgan fingerprint density at radius 2 is 1.80 bits per heavy atom. The normalized spacial score (nSPS) is 14.2. The first-order chi connectivity index (χ1) is 16.9. The molecule has 0 N–H and O–H groups in total. The number of halogens is 4. The molecule has 1 amide bonds. The van der Waals surface area contributed by atoms with E-state index in [1.807, 2.05) is 4.90 Å². The van der Waals surface area contributed by atoms with Crippen molar-refractivity contribution in [3.63, 3.8) is 0 Å². The fourth-order valence-corrected chi connectivity index (χ4v) is 4.84. The third-order valence-corrected chi connectivity index (χ3v) is 6.57. The van der Waals surface area contributed by atoms with Gasteiger partial charge in [0, 0.05) is 42.7 Å². The van der Waals surface area contributed by atoms with Gasteiger partial charge >= 0.3 is 0 Å². The molecule has 1 fully saturated rings. The highest BCUT2D eigenvalue weighted by molar-refractivity contribution is 6.35. The van der Waals surface area contributed by atoms with Crippen LogP contribution in [0.25, 0.3) is 32.8 Å². The van der Waals surface area contributed by atoms with Crippen molar-refractivity contribution in [1.29, 1.82) is 0 Å². The smallest absolute Gasteiger partial charge is 0.263 e. The Bertz CT molecular complexity index is 1470. The summed E-state index contributed by atoms with van der Waals surface area (Å²) >= 11 is 6.60. The minimum absolute atomic E-state index is 0.0175. The first-order valence-corrected chi connectivity index (χ1v) is 11.4. The Hall–Kier alpha value is -3.65. The van der Waals surface area contributed by atoms with Crippen LogP contribution in [0.15, 0.2) is 61.4 Å². The lowest BCUT2D eigenvalue weighted by Gasteiger charge is -2.35. The van der Waals surface area contributed by atoms with Gasteiger partial charge in [-0.25, -0.2) is 23.1 Å². The number of anilines is 1. The van der Waals surface area contributed by atoms with E-state index in [0.717, 1.165) is 0 Å². The van der Waals surface area contributed by atoms with E-state index in [0.29, 0.717) is 48.2 Å². The largest absolute Gasteiger partial charge is 0.352 e. The summed E-state index contributed by atoms with van der Waals surface area (Å²) < 4.78 is 43.2. The number of amides is 1. The highest BCUT2D eigenvalue weighted by atomic mass is 35.5.